The van der Waals surface area contributed by atoms with Crippen molar-refractivity contribution < 1.29 is 4.39 Å². The Hall–Kier alpha value is -3.39. The number of nitrogens with zero attached hydrogens (tertiary/aromatic N) is 5. The molecule has 4 rings (SSSR count). The summed E-state index contributed by atoms with van der Waals surface area (Å²) in [5.41, 5.74) is 3.10. The largest absolute Gasteiger partial charge is 0.322 e. The van der Waals surface area contributed by atoms with Crippen molar-refractivity contribution in [2.24, 2.45) is 0 Å². The molecule has 0 saturated heterocycles. The number of nitrogens with one attached hydrogen (secondary N) is 1. The lowest BCUT2D eigenvalue weighted by atomic mass is 10.0. The van der Waals surface area contributed by atoms with Gasteiger partial charge in [-0.15, -0.1) is 5.10 Å². The topological polar surface area (TPSA) is 79.7 Å². The molecule has 0 fully saturated rings. The lowest BCUT2D eigenvalue weighted by Gasteiger charge is -2.32. The van der Waals surface area contributed by atoms with Gasteiger partial charge in [0, 0.05) is 24.2 Å². The van der Waals surface area contributed by atoms with Gasteiger partial charge in [-0.25, -0.2) is 9.07 Å². The van der Waals surface area contributed by atoms with Crippen LogP contribution in [-0.2, 0) is 18.6 Å². The molecule has 1 N–H and O–H groups in total. The number of aromatic nitrogens is 5. The summed E-state index contributed by atoms with van der Waals surface area (Å²) in [6, 6.07) is 14.3. The van der Waals surface area contributed by atoms with E-state index in [0.29, 0.717) is 18.7 Å². The Bertz CT molecular complexity index is 1340. The Morgan fingerprint density at radius 3 is 2.50 bits per heavy atom. The summed E-state index contributed by atoms with van der Waals surface area (Å²) >= 11 is 0. The summed E-state index contributed by atoms with van der Waals surface area (Å²) in [6.07, 6.45) is 0.738. The molecule has 8 heteroatoms. The van der Waals surface area contributed by atoms with Crippen LogP contribution >= 0.6 is 0 Å². The Morgan fingerprint density at radius 2 is 1.82 bits per heavy atom. The first-order chi connectivity index (χ1) is 16.2. The predicted octanol–water partition coefficient (Wildman–Crippen LogP) is 4.87. The summed E-state index contributed by atoms with van der Waals surface area (Å²) in [5, 5.41) is 13.5. The molecule has 0 unspecified atom stereocenters. The fourth-order valence-corrected chi connectivity index (χ4v) is 4.28. The number of aromatic amines is 1. The van der Waals surface area contributed by atoms with Gasteiger partial charge < -0.3 is 4.98 Å². The SMILES string of the molecule is CC[C@H](c1nnnn1C(C)(C)C)N(Cc1ccc(F)cc1)Cc1cc2ccc(C)cc2[nH]c1=O. The molecule has 178 valence electrons. The number of aryl methyl sites for hydroxylation is 1. The molecule has 2 aromatic carbocycles. The third-order valence-corrected chi connectivity index (χ3v) is 6.01. The second kappa shape index (κ2) is 9.46. The monoisotopic (exact) mass is 462 g/mol. The van der Waals surface area contributed by atoms with E-state index in [-0.39, 0.29) is 23.0 Å². The van der Waals surface area contributed by atoms with Gasteiger partial charge in [0.05, 0.1) is 11.6 Å². The van der Waals surface area contributed by atoms with Crippen LogP contribution in [0.5, 0.6) is 0 Å². The number of benzene rings is 2. The van der Waals surface area contributed by atoms with Gasteiger partial charge in [0.15, 0.2) is 5.82 Å². The number of hydrogen-bond donors (Lipinski definition) is 1. The van der Waals surface area contributed by atoms with E-state index in [1.807, 2.05) is 35.9 Å². The number of tetrazole rings is 1. The first-order valence-corrected chi connectivity index (χ1v) is 11.6. The van der Waals surface area contributed by atoms with Gasteiger partial charge in [0.1, 0.15) is 5.82 Å². The van der Waals surface area contributed by atoms with E-state index in [4.69, 9.17) is 0 Å². The Kier molecular flexibility index (Phi) is 6.61. The van der Waals surface area contributed by atoms with Crippen molar-refractivity contribution >= 4 is 10.9 Å². The van der Waals surface area contributed by atoms with Crippen LogP contribution in [0.4, 0.5) is 4.39 Å². The molecule has 7 nitrogen and oxygen atoms in total. The van der Waals surface area contributed by atoms with Gasteiger partial charge in [-0.2, -0.15) is 0 Å². The highest BCUT2D eigenvalue weighted by Crippen LogP contribution is 2.29. The number of pyridine rings is 1. The van der Waals surface area contributed by atoms with Crippen LogP contribution in [0.3, 0.4) is 0 Å². The minimum absolute atomic E-state index is 0.118. The van der Waals surface area contributed by atoms with Crippen molar-refractivity contribution in [2.45, 2.75) is 65.7 Å². The van der Waals surface area contributed by atoms with E-state index >= 15 is 0 Å². The molecule has 0 aliphatic heterocycles. The van der Waals surface area contributed by atoms with Crippen LogP contribution in [0.15, 0.2) is 53.3 Å². The lowest BCUT2D eigenvalue weighted by Crippen LogP contribution is -2.35. The van der Waals surface area contributed by atoms with Crippen LogP contribution in [0, 0.1) is 12.7 Å². The first-order valence-electron chi connectivity index (χ1n) is 11.6. The van der Waals surface area contributed by atoms with E-state index in [1.54, 1.807) is 12.1 Å². The molecule has 0 amide bonds. The van der Waals surface area contributed by atoms with Crippen LogP contribution in [-0.4, -0.2) is 30.1 Å². The molecular weight excluding hydrogens is 431 g/mol. The maximum absolute atomic E-state index is 13.5. The number of halogens is 1. The second-order valence-corrected chi connectivity index (χ2v) is 9.79. The third kappa shape index (κ3) is 5.07. The molecule has 0 spiro atoms. The van der Waals surface area contributed by atoms with Crippen LogP contribution in [0.2, 0.25) is 0 Å². The Labute approximate surface area is 198 Å². The third-order valence-electron chi connectivity index (χ3n) is 6.01. The summed E-state index contributed by atoms with van der Waals surface area (Å²) in [4.78, 5) is 18.2. The van der Waals surface area contributed by atoms with E-state index < -0.39 is 0 Å². The van der Waals surface area contributed by atoms with Gasteiger partial charge in [-0.1, -0.05) is 31.2 Å². The molecule has 1 atom stereocenters. The van der Waals surface area contributed by atoms with E-state index in [2.05, 4.69) is 53.1 Å². The van der Waals surface area contributed by atoms with Gasteiger partial charge in [0.25, 0.3) is 5.56 Å². The van der Waals surface area contributed by atoms with Crippen molar-refractivity contribution in [3.8, 4) is 0 Å². The zero-order valence-electron chi connectivity index (χ0n) is 20.3. The smallest absolute Gasteiger partial charge is 0.252 e. The fourth-order valence-electron chi connectivity index (χ4n) is 4.28. The quantitative estimate of drug-likeness (QED) is 0.424. The average Bonchev–Trinajstić information content (AvgIpc) is 3.26. The maximum atomic E-state index is 13.5. The Balaban J connectivity index is 1.76. The van der Waals surface area contributed by atoms with E-state index in [9.17, 15) is 9.18 Å². The Morgan fingerprint density at radius 1 is 1.09 bits per heavy atom. The minimum atomic E-state index is -0.300. The standard InChI is InChI=1S/C26H31FN6O/c1-6-23(24-29-30-31-33(24)26(3,4)5)32(15-18-8-11-21(27)12-9-18)16-20-14-19-10-7-17(2)13-22(19)28-25(20)34/h7-14,23H,6,15-16H2,1-5H3,(H,28,34)/t23-/m1/s1. The zero-order valence-corrected chi connectivity index (χ0v) is 20.3. The van der Waals surface area contributed by atoms with Gasteiger partial charge in [-0.3, -0.25) is 9.69 Å². The highest BCUT2D eigenvalue weighted by Gasteiger charge is 2.29. The molecular formula is C26H31FN6O. The molecule has 2 aromatic heterocycles. The highest BCUT2D eigenvalue weighted by molar-refractivity contribution is 5.79. The predicted molar refractivity (Wildman–Crippen MR) is 131 cm³/mol. The van der Waals surface area contributed by atoms with E-state index in [0.717, 1.165) is 34.3 Å². The molecule has 0 aliphatic rings. The van der Waals surface area contributed by atoms with Gasteiger partial charge in [-0.05, 0) is 85.3 Å². The van der Waals surface area contributed by atoms with Crippen molar-refractivity contribution in [2.75, 3.05) is 0 Å². The number of rotatable bonds is 7. The summed E-state index contributed by atoms with van der Waals surface area (Å²) in [7, 11) is 0. The maximum Gasteiger partial charge on any atom is 0.252 e. The molecule has 4 aromatic rings. The molecule has 0 bridgehead atoms. The van der Waals surface area contributed by atoms with Crippen molar-refractivity contribution in [1.82, 2.24) is 30.1 Å². The zero-order chi connectivity index (χ0) is 24.5. The van der Waals surface area contributed by atoms with Crippen molar-refractivity contribution in [1.29, 1.82) is 0 Å². The molecule has 0 aliphatic carbocycles. The number of hydrogen-bond acceptors (Lipinski definition) is 5. The lowest BCUT2D eigenvalue weighted by molar-refractivity contribution is 0.153. The normalized spacial score (nSPS) is 13.0. The summed E-state index contributed by atoms with van der Waals surface area (Å²) in [5.74, 6) is 0.463. The average molecular weight is 463 g/mol. The number of H-pyrrole nitrogens is 1. The second-order valence-electron chi connectivity index (χ2n) is 9.79. The first kappa shape index (κ1) is 23.8. The molecule has 34 heavy (non-hydrogen) atoms. The van der Waals surface area contributed by atoms with Crippen LogP contribution in [0.25, 0.3) is 10.9 Å². The minimum Gasteiger partial charge on any atom is -0.322 e. The molecule has 0 radical (unpaired) electrons. The van der Waals surface area contributed by atoms with Crippen LogP contribution in [0.1, 0.15) is 62.7 Å². The number of fused-ring (bicyclic) bond motifs is 1. The summed E-state index contributed by atoms with van der Waals surface area (Å²) in [6.45, 7) is 11.2. The highest BCUT2D eigenvalue weighted by atomic mass is 19.1. The van der Waals surface area contributed by atoms with Crippen molar-refractivity contribution in [3.63, 3.8) is 0 Å². The van der Waals surface area contributed by atoms with Crippen molar-refractivity contribution in [3.05, 3.63) is 87.2 Å². The molecule has 0 saturated carbocycles. The fraction of sp³-hybridized carbons (Fsp3) is 0.385. The molecule has 2 heterocycles. The van der Waals surface area contributed by atoms with Gasteiger partial charge >= 0.3 is 0 Å². The van der Waals surface area contributed by atoms with E-state index in [1.165, 1.54) is 12.1 Å². The van der Waals surface area contributed by atoms with Crippen LogP contribution < -0.4 is 5.56 Å². The summed E-state index contributed by atoms with van der Waals surface area (Å²) < 4.78 is 15.4. The van der Waals surface area contributed by atoms with Gasteiger partial charge in [0.2, 0.25) is 0 Å².